The zero-order valence-corrected chi connectivity index (χ0v) is 13.4. The number of halogens is 1. The number of aromatic amines is 1. The summed E-state index contributed by atoms with van der Waals surface area (Å²) in [4.78, 5) is 23.6. The molecule has 1 aliphatic rings. The molecular formula is C14H12BrN3O4. The van der Waals surface area contributed by atoms with Crippen molar-refractivity contribution in [2.75, 3.05) is 5.32 Å². The smallest absolute Gasteiger partial charge is 0.350 e. The van der Waals surface area contributed by atoms with E-state index in [1.54, 1.807) is 12.1 Å². The van der Waals surface area contributed by atoms with Crippen LogP contribution < -0.4 is 5.32 Å². The second-order valence-electron chi connectivity index (χ2n) is 5.15. The Morgan fingerprint density at radius 2 is 1.95 bits per heavy atom. The first-order valence-corrected chi connectivity index (χ1v) is 7.22. The molecule has 0 saturated carbocycles. The van der Waals surface area contributed by atoms with E-state index in [1.807, 2.05) is 6.07 Å². The summed E-state index contributed by atoms with van der Waals surface area (Å²) < 4.78 is 10.8. The molecule has 0 aliphatic carbocycles. The number of rotatable bonds is 2. The number of esters is 2. The number of nitrogens with one attached hydrogen (secondary N) is 2. The standard InChI is InChI=1S/C14H12BrN3O4/c1-14(2)21-12(19)9(13(20)22-14)6-16-7-3-4-8-10(5-7)17-18-11(8)15/h3-6,16H,1-2H3,(H,17,18). The van der Waals surface area contributed by atoms with Gasteiger partial charge in [-0.15, -0.1) is 0 Å². The Morgan fingerprint density at radius 3 is 2.64 bits per heavy atom. The van der Waals surface area contributed by atoms with E-state index in [-0.39, 0.29) is 5.57 Å². The van der Waals surface area contributed by atoms with Gasteiger partial charge in [0.2, 0.25) is 0 Å². The van der Waals surface area contributed by atoms with Crippen LogP contribution in [0.15, 0.2) is 34.6 Å². The van der Waals surface area contributed by atoms with Crippen LogP contribution in [0.1, 0.15) is 13.8 Å². The van der Waals surface area contributed by atoms with Crippen LogP contribution >= 0.6 is 15.9 Å². The predicted octanol–water partition coefficient (Wildman–Crippen LogP) is 2.46. The third-order valence-electron chi connectivity index (χ3n) is 3.01. The maximum absolute atomic E-state index is 11.8. The van der Waals surface area contributed by atoms with E-state index in [2.05, 4.69) is 31.4 Å². The zero-order chi connectivity index (χ0) is 15.9. The highest BCUT2D eigenvalue weighted by atomic mass is 79.9. The number of benzene rings is 1. The lowest BCUT2D eigenvalue weighted by Crippen LogP contribution is -2.42. The number of nitrogens with zero attached hydrogens (tertiary/aromatic N) is 1. The molecule has 0 atom stereocenters. The fourth-order valence-electron chi connectivity index (χ4n) is 2.00. The molecule has 1 saturated heterocycles. The van der Waals surface area contributed by atoms with Crippen LogP contribution in [0.3, 0.4) is 0 Å². The lowest BCUT2D eigenvalue weighted by atomic mass is 10.2. The van der Waals surface area contributed by atoms with Gasteiger partial charge in [-0.25, -0.2) is 9.59 Å². The highest BCUT2D eigenvalue weighted by Crippen LogP contribution is 2.25. The van der Waals surface area contributed by atoms with Gasteiger partial charge in [-0.2, -0.15) is 5.10 Å². The van der Waals surface area contributed by atoms with Crippen LogP contribution in [0.5, 0.6) is 0 Å². The quantitative estimate of drug-likeness (QED) is 0.482. The Bertz CT molecular complexity index is 788. The van der Waals surface area contributed by atoms with Crippen molar-refractivity contribution in [2.45, 2.75) is 19.6 Å². The summed E-state index contributed by atoms with van der Waals surface area (Å²) >= 11 is 3.35. The molecule has 22 heavy (non-hydrogen) atoms. The normalized spacial score (nSPS) is 17.1. The molecule has 2 aromatic rings. The van der Waals surface area contributed by atoms with E-state index in [0.717, 1.165) is 15.5 Å². The minimum atomic E-state index is -1.24. The van der Waals surface area contributed by atoms with Crippen LogP contribution in [0.25, 0.3) is 10.9 Å². The monoisotopic (exact) mass is 365 g/mol. The van der Waals surface area contributed by atoms with E-state index in [4.69, 9.17) is 9.47 Å². The van der Waals surface area contributed by atoms with E-state index in [0.29, 0.717) is 5.69 Å². The van der Waals surface area contributed by atoms with Crippen molar-refractivity contribution in [1.29, 1.82) is 0 Å². The van der Waals surface area contributed by atoms with Gasteiger partial charge in [-0.05, 0) is 34.1 Å². The Morgan fingerprint density at radius 1 is 1.27 bits per heavy atom. The minimum absolute atomic E-state index is 0.192. The van der Waals surface area contributed by atoms with Crippen LogP contribution in [0.2, 0.25) is 0 Å². The first-order valence-electron chi connectivity index (χ1n) is 6.43. The molecular weight excluding hydrogens is 354 g/mol. The Labute approximate surface area is 133 Å². The third-order valence-corrected chi connectivity index (χ3v) is 3.61. The lowest BCUT2D eigenvalue weighted by Gasteiger charge is -2.29. The molecule has 2 heterocycles. The number of aromatic nitrogens is 2. The second-order valence-corrected chi connectivity index (χ2v) is 5.94. The first kappa shape index (κ1) is 14.6. The molecule has 0 radical (unpaired) electrons. The lowest BCUT2D eigenvalue weighted by molar-refractivity contribution is -0.222. The number of H-pyrrole nitrogens is 1. The van der Waals surface area contributed by atoms with E-state index < -0.39 is 17.7 Å². The van der Waals surface area contributed by atoms with Gasteiger partial charge in [0.05, 0.1) is 5.52 Å². The summed E-state index contributed by atoms with van der Waals surface area (Å²) in [7, 11) is 0. The van der Waals surface area contributed by atoms with Crippen LogP contribution in [-0.4, -0.2) is 27.9 Å². The maximum atomic E-state index is 11.8. The van der Waals surface area contributed by atoms with Gasteiger partial charge in [0.1, 0.15) is 4.60 Å². The fourth-order valence-corrected chi connectivity index (χ4v) is 2.43. The molecule has 0 amide bonds. The topological polar surface area (TPSA) is 93.3 Å². The number of fused-ring (bicyclic) bond motifs is 1. The molecule has 0 unspecified atom stereocenters. The summed E-state index contributed by atoms with van der Waals surface area (Å²) in [5, 5.41) is 10.7. The summed E-state index contributed by atoms with van der Waals surface area (Å²) in [6, 6.07) is 5.42. The van der Waals surface area contributed by atoms with Gasteiger partial charge in [0.15, 0.2) is 5.57 Å². The molecule has 1 aromatic carbocycles. The van der Waals surface area contributed by atoms with Gasteiger partial charge in [-0.3, -0.25) is 5.10 Å². The van der Waals surface area contributed by atoms with E-state index >= 15 is 0 Å². The molecule has 1 fully saturated rings. The Kier molecular flexibility index (Phi) is 3.40. The Hall–Kier alpha value is -2.35. The van der Waals surface area contributed by atoms with E-state index in [9.17, 15) is 9.59 Å². The van der Waals surface area contributed by atoms with Gasteiger partial charge in [0, 0.05) is 31.1 Å². The van der Waals surface area contributed by atoms with Gasteiger partial charge < -0.3 is 14.8 Å². The maximum Gasteiger partial charge on any atom is 0.350 e. The average Bonchev–Trinajstić information content (AvgIpc) is 2.78. The van der Waals surface area contributed by atoms with Gasteiger partial charge in [0.25, 0.3) is 5.79 Å². The second kappa shape index (κ2) is 5.13. The van der Waals surface area contributed by atoms with Crippen molar-refractivity contribution in [3.63, 3.8) is 0 Å². The summed E-state index contributed by atoms with van der Waals surface area (Å²) in [5.41, 5.74) is 1.22. The molecule has 2 N–H and O–H groups in total. The van der Waals surface area contributed by atoms with Crippen molar-refractivity contribution >= 4 is 44.5 Å². The number of hydrogen-bond acceptors (Lipinski definition) is 6. The van der Waals surface area contributed by atoms with Crippen molar-refractivity contribution in [3.8, 4) is 0 Å². The SMILES string of the molecule is CC1(C)OC(=O)C(=CNc2ccc3c(Br)[nH]nc3c2)C(=O)O1. The molecule has 1 aliphatic heterocycles. The molecule has 0 bridgehead atoms. The summed E-state index contributed by atoms with van der Waals surface area (Å²) in [5.74, 6) is -2.69. The molecule has 1 aromatic heterocycles. The largest absolute Gasteiger partial charge is 0.419 e. The number of hydrogen-bond donors (Lipinski definition) is 2. The molecule has 0 spiro atoms. The minimum Gasteiger partial charge on any atom is -0.419 e. The zero-order valence-electron chi connectivity index (χ0n) is 11.8. The first-order chi connectivity index (χ1) is 10.4. The summed E-state index contributed by atoms with van der Waals surface area (Å²) in [6.07, 6.45) is 1.27. The average molecular weight is 366 g/mol. The van der Waals surface area contributed by atoms with Crippen molar-refractivity contribution < 1.29 is 19.1 Å². The van der Waals surface area contributed by atoms with Crippen LogP contribution in [0.4, 0.5) is 5.69 Å². The number of carbonyl (C=O) groups is 2. The van der Waals surface area contributed by atoms with Crippen molar-refractivity contribution in [2.24, 2.45) is 0 Å². The fraction of sp³-hybridized carbons (Fsp3) is 0.214. The van der Waals surface area contributed by atoms with Gasteiger partial charge >= 0.3 is 11.9 Å². The van der Waals surface area contributed by atoms with Crippen LogP contribution in [-0.2, 0) is 19.1 Å². The molecule has 114 valence electrons. The highest BCUT2D eigenvalue weighted by molar-refractivity contribution is 9.10. The number of cyclic esters (lactones) is 2. The predicted molar refractivity (Wildman–Crippen MR) is 81.8 cm³/mol. The highest BCUT2D eigenvalue weighted by Gasteiger charge is 2.38. The van der Waals surface area contributed by atoms with Crippen molar-refractivity contribution in [3.05, 3.63) is 34.6 Å². The van der Waals surface area contributed by atoms with Gasteiger partial charge in [-0.1, -0.05) is 0 Å². The molecule has 3 rings (SSSR count). The summed E-state index contributed by atoms with van der Waals surface area (Å²) in [6.45, 7) is 2.99. The number of ether oxygens (including phenoxy) is 2. The molecule has 8 heteroatoms. The number of carbonyl (C=O) groups excluding carboxylic acids is 2. The van der Waals surface area contributed by atoms with E-state index in [1.165, 1.54) is 20.0 Å². The van der Waals surface area contributed by atoms with Crippen molar-refractivity contribution in [1.82, 2.24) is 10.2 Å². The third kappa shape index (κ3) is 2.69. The Balaban J connectivity index is 1.83. The van der Waals surface area contributed by atoms with Crippen LogP contribution in [0, 0.1) is 0 Å². The molecule has 7 nitrogen and oxygen atoms in total. The number of anilines is 1.